The fourth-order valence-electron chi connectivity index (χ4n) is 3.04. The molecule has 2 aromatic rings. The molecular weight excluding hydrogens is 413 g/mol. The van der Waals surface area contributed by atoms with Crippen LogP contribution in [0.15, 0.2) is 18.2 Å². The number of aliphatic hydroxyl groups is 1. The van der Waals surface area contributed by atoms with Gasteiger partial charge in [-0.05, 0) is 29.9 Å². The van der Waals surface area contributed by atoms with Crippen LogP contribution in [0.3, 0.4) is 0 Å². The van der Waals surface area contributed by atoms with E-state index in [0.29, 0.717) is 17.9 Å². The Labute approximate surface area is 175 Å². The van der Waals surface area contributed by atoms with Crippen molar-refractivity contribution in [3.05, 3.63) is 35.4 Å². The van der Waals surface area contributed by atoms with Gasteiger partial charge in [0.1, 0.15) is 17.4 Å². The predicted octanol–water partition coefficient (Wildman–Crippen LogP) is 2.25. The number of anilines is 2. The second-order valence-corrected chi connectivity index (χ2v) is 9.48. The van der Waals surface area contributed by atoms with Crippen molar-refractivity contribution < 1.29 is 23.0 Å². The summed E-state index contributed by atoms with van der Waals surface area (Å²) < 4.78 is 38.7. The van der Waals surface area contributed by atoms with Crippen LogP contribution in [0, 0.1) is 11.7 Å². The SMILES string of the molecule is CC(C)CC(CO)Nc1nc(CC(C)c2ccc(F)cc2O)nc(NS(C)(=O)=O)n1. The van der Waals surface area contributed by atoms with Crippen LogP contribution in [0.1, 0.15) is 44.5 Å². The zero-order valence-corrected chi connectivity index (χ0v) is 18.2. The van der Waals surface area contributed by atoms with Gasteiger partial charge in [0.15, 0.2) is 0 Å². The molecule has 2 rings (SSSR count). The Hall–Kier alpha value is -2.53. The maximum atomic E-state index is 13.3. The van der Waals surface area contributed by atoms with Gasteiger partial charge in [-0.15, -0.1) is 0 Å². The molecule has 2 atom stereocenters. The molecule has 0 aliphatic carbocycles. The van der Waals surface area contributed by atoms with Crippen molar-refractivity contribution in [2.45, 2.75) is 45.6 Å². The molecule has 0 bridgehead atoms. The molecule has 0 saturated heterocycles. The van der Waals surface area contributed by atoms with Crippen molar-refractivity contribution in [3.8, 4) is 5.75 Å². The maximum Gasteiger partial charge on any atom is 0.241 e. The first-order valence-electron chi connectivity index (χ1n) is 9.55. The molecule has 0 amide bonds. The number of phenols is 1. The van der Waals surface area contributed by atoms with Crippen LogP contribution < -0.4 is 10.0 Å². The minimum absolute atomic E-state index is 0.126. The van der Waals surface area contributed by atoms with E-state index in [9.17, 15) is 23.0 Å². The molecule has 1 aromatic heterocycles. The lowest BCUT2D eigenvalue weighted by atomic mass is 9.96. The fourth-order valence-corrected chi connectivity index (χ4v) is 3.46. The minimum Gasteiger partial charge on any atom is -0.508 e. The van der Waals surface area contributed by atoms with Gasteiger partial charge in [-0.2, -0.15) is 15.0 Å². The molecule has 0 spiro atoms. The molecular formula is C19H28FN5O4S. The summed E-state index contributed by atoms with van der Waals surface area (Å²) in [7, 11) is -3.62. The van der Waals surface area contributed by atoms with E-state index in [1.165, 1.54) is 12.1 Å². The van der Waals surface area contributed by atoms with E-state index >= 15 is 0 Å². The summed E-state index contributed by atoms with van der Waals surface area (Å²) >= 11 is 0. The lowest BCUT2D eigenvalue weighted by Gasteiger charge is -2.19. The summed E-state index contributed by atoms with van der Waals surface area (Å²) in [6, 6.07) is 3.45. The number of phenolic OH excluding ortho intramolecular Hbond substituents is 1. The van der Waals surface area contributed by atoms with Crippen LogP contribution in [0.2, 0.25) is 0 Å². The first-order chi connectivity index (χ1) is 14.0. The molecule has 0 fully saturated rings. The molecule has 9 nitrogen and oxygen atoms in total. The number of nitrogens with zero attached hydrogens (tertiary/aromatic N) is 3. The molecule has 1 aromatic carbocycles. The topological polar surface area (TPSA) is 137 Å². The van der Waals surface area contributed by atoms with E-state index in [0.717, 1.165) is 12.3 Å². The van der Waals surface area contributed by atoms with E-state index < -0.39 is 15.8 Å². The van der Waals surface area contributed by atoms with Gasteiger partial charge in [0, 0.05) is 12.5 Å². The van der Waals surface area contributed by atoms with Crippen LogP contribution in [-0.4, -0.2) is 52.5 Å². The molecule has 4 N–H and O–H groups in total. The number of rotatable bonds is 10. The average Bonchev–Trinajstić information content (AvgIpc) is 2.58. The lowest BCUT2D eigenvalue weighted by molar-refractivity contribution is 0.259. The van der Waals surface area contributed by atoms with Gasteiger partial charge in [-0.3, -0.25) is 4.72 Å². The quantitative estimate of drug-likeness (QED) is 0.441. The number of aromatic nitrogens is 3. The zero-order chi connectivity index (χ0) is 22.5. The highest BCUT2D eigenvalue weighted by molar-refractivity contribution is 7.91. The summed E-state index contributed by atoms with van der Waals surface area (Å²) in [5, 5.41) is 22.6. The van der Waals surface area contributed by atoms with Crippen molar-refractivity contribution in [2.75, 3.05) is 22.9 Å². The molecule has 0 saturated carbocycles. The van der Waals surface area contributed by atoms with Crippen LogP contribution in [0.5, 0.6) is 5.75 Å². The van der Waals surface area contributed by atoms with Gasteiger partial charge in [-0.1, -0.05) is 26.8 Å². The Morgan fingerprint density at radius 2 is 1.80 bits per heavy atom. The maximum absolute atomic E-state index is 13.3. The summed E-state index contributed by atoms with van der Waals surface area (Å²) in [6.45, 7) is 5.68. The summed E-state index contributed by atoms with van der Waals surface area (Å²) in [5.74, 6) is -0.446. The Morgan fingerprint density at radius 1 is 1.13 bits per heavy atom. The summed E-state index contributed by atoms with van der Waals surface area (Å²) in [5.41, 5.74) is 0.511. The molecule has 30 heavy (non-hydrogen) atoms. The number of aromatic hydroxyl groups is 1. The lowest BCUT2D eigenvalue weighted by Crippen LogP contribution is -2.27. The number of hydrogen-bond donors (Lipinski definition) is 4. The molecule has 0 aliphatic heterocycles. The highest BCUT2D eigenvalue weighted by Crippen LogP contribution is 2.28. The van der Waals surface area contributed by atoms with Gasteiger partial charge in [0.05, 0.1) is 18.9 Å². The van der Waals surface area contributed by atoms with Crippen molar-refractivity contribution in [2.24, 2.45) is 5.92 Å². The van der Waals surface area contributed by atoms with Gasteiger partial charge >= 0.3 is 0 Å². The average molecular weight is 442 g/mol. The van der Waals surface area contributed by atoms with E-state index in [1.807, 2.05) is 20.8 Å². The van der Waals surface area contributed by atoms with Crippen molar-refractivity contribution in [1.82, 2.24) is 15.0 Å². The summed E-state index contributed by atoms with van der Waals surface area (Å²) in [4.78, 5) is 12.6. The van der Waals surface area contributed by atoms with Gasteiger partial charge in [-0.25, -0.2) is 12.8 Å². The smallest absolute Gasteiger partial charge is 0.241 e. The first kappa shape index (κ1) is 23.7. The van der Waals surface area contributed by atoms with Crippen LogP contribution in [-0.2, 0) is 16.4 Å². The van der Waals surface area contributed by atoms with Crippen LogP contribution >= 0.6 is 0 Å². The van der Waals surface area contributed by atoms with Crippen molar-refractivity contribution >= 4 is 21.9 Å². The predicted molar refractivity (Wildman–Crippen MR) is 112 cm³/mol. The van der Waals surface area contributed by atoms with Crippen molar-refractivity contribution in [3.63, 3.8) is 0 Å². The molecule has 166 valence electrons. The van der Waals surface area contributed by atoms with Gasteiger partial charge in [0.25, 0.3) is 0 Å². The van der Waals surface area contributed by atoms with Gasteiger partial charge in [0.2, 0.25) is 21.9 Å². The highest BCUT2D eigenvalue weighted by atomic mass is 32.2. The zero-order valence-electron chi connectivity index (χ0n) is 17.4. The fraction of sp³-hybridized carbons (Fsp3) is 0.526. The number of sulfonamides is 1. The Morgan fingerprint density at radius 3 is 2.37 bits per heavy atom. The van der Waals surface area contributed by atoms with E-state index in [2.05, 4.69) is 25.0 Å². The second-order valence-electron chi connectivity index (χ2n) is 7.73. The van der Waals surface area contributed by atoms with Crippen LogP contribution in [0.4, 0.5) is 16.3 Å². The first-order valence-corrected chi connectivity index (χ1v) is 11.4. The molecule has 1 heterocycles. The number of aliphatic hydroxyl groups excluding tert-OH is 1. The van der Waals surface area contributed by atoms with E-state index in [4.69, 9.17) is 0 Å². The third-order valence-corrected chi connectivity index (χ3v) is 4.83. The molecule has 11 heteroatoms. The number of halogens is 1. The normalized spacial score (nSPS) is 13.8. The molecule has 0 radical (unpaired) electrons. The standard InChI is InChI=1S/C19H28FN5O4S/c1-11(2)7-14(10-26)21-18-22-17(23-19(24-18)25-30(4,28)29)8-12(3)15-6-5-13(20)9-16(15)27/h5-6,9,11-12,14,26-27H,7-8,10H2,1-4H3,(H2,21,22,23,24,25). The van der Waals surface area contributed by atoms with Crippen molar-refractivity contribution in [1.29, 1.82) is 0 Å². The van der Waals surface area contributed by atoms with E-state index in [-0.39, 0.29) is 48.5 Å². The third-order valence-electron chi connectivity index (χ3n) is 4.28. The molecule has 2 unspecified atom stereocenters. The Bertz CT molecular complexity index is 971. The van der Waals surface area contributed by atoms with Crippen LogP contribution in [0.25, 0.3) is 0 Å². The number of benzene rings is 1. The number of hydrogen-bond acceptors (Lipinski definition) is 8. The van der Waals surface area contributed by atoms with Gasteiger partial charge < -0.3 is 15.5 Å². The Balaban J connectivity index is 2.33. The third kappa shape index (κ3) is 7.38. The second kappa shape index (κ2) is 9.98. The Kier molecular flexibility index (Phi) is 7.90. The largest absolute Gasteiger partial charge is 0.508 e. The highest BCUT2D eigenvalue weighted by Gasteiger charge is 2.18. The molecule has 0 aliphatic rings. The van der Waals surface area contributed by atoms with E-state index in [1.54, 1.807) is 0 Å². The minimum atomic E-state index is -3.62. The summed E-state index contributed by atoms with van der Waals surface area (Å²) in [6.07, 6.45) is 1.88. The monoisotopic (exact) mass is 441 g/mol. The number of nitrogens with one attached hydrogen (secondary N) is 2.